The number of allylic oxidation sites excluding steroid dienone is 3. The Balaban J connectivity index is 3.64. The molecule has 0 N–H and O–H groups in total. The molecule has 0 unspecified atom stereocenters. The van der Waals surface area contributed by atoms with E-state index in [-0.39, 0.29) is 0 Å². The summed E-state index contributed by atoms with van der Waals surface area (Å²) in [7, 11) is 0. The van der Waals surface area contributed by atoms with E-state index in [2.05, 4.69) is 19.7 Å². The zero-order chi connectivity index (χ0) is 9.94. The Morgan fingerprint density at radius 2 is 1.00 bits per heavy atom. The van der Waals surface area contributed by atoms with Gasteiger partial charge in [0.05, 0.1) is 0 Å². The molecule has 0 atom stereocenters. The van der Waals surface area contributed by atoms with Gasteiger partial charge in [0.15, 0.2) is 0 Å². The van der Waals surface area contributed by atoms with Gasteiger partial charge in [0, 0.05) is 0 Å². The van der Waals surface area contributed by atoms with E-state index in [4.69, 9.17) is 0 Å². The second kappa shape index (κ2) is 9.84. The Hall–Kier alpha value is -0.248. The average molecular weight is 192 g/mol. The van der Waals surface area contributed by atoms with Crippen molar-refractivity contribution in [3.05, 3.63) is 38.0 Å². The van der Waals surface area contributed by atoms with Gasteiger partial charge in [0.2, 0.25) is 0 Å². The maximum Gasteiger partial charge on any atom is 0.262 e. The highest BCUT2D eigenvalue weighted by molar-refractivity contribution is 6.58. The van der Waals surface area contributed by atoms with Gasteiger partial charge in [0.1, 0.15) is 0 Å². The molecule has 0 fully saturated rings. The summed E-state index contributed by atoms with van der Waals surface area (Å²) in [5, 5.41) is 4.22. The number of hydrogen-bond acceptors (Lipinski definition) is 0. The normalized spacial score (nSPS) is 9.23. The first-order valence-electron chi connectivity index (χ1n) is 5.17. The van der Waals surface area contributed by atoms with Crippen molar-refractivity contribution in [3.63, 3.8) is 0 Å². The quantitative estimate of drug-likeness (QED) is 0.379. The molecule has 0 spiro atoms. The molecular formula is C12H21Al. The molecule has 1 heteroatoms. The first kappa shape index (κ1) is 12.8. The number of hydrogen-bond donors (Lipinski definition) is 0. The molecule has 0 heterocycles. The maximum atomic E-state index is 3.78. The molecule has 0 aliphatic carbocycles. The minimum atomic E-state index is -0.500. The first-order chi connectivity index (χ1) is 6.35. The summed E-state index contributed by atoms with van der Waals surface area (Å²) < 4.78 is 0. The van der Waals surface area contributed by atoms with Crippen LogP contribution in [0, 0.1) is 0 Å². The lowest BCUT2D eigenvalue weighted by Gasteiger charge is -2.07. The van der Waals surface area contributed by atoms with Gasteiger partial charge in [0.25, 0.3) is 14.1 Å². The molecule has 0 aliphatic rings. The third-order valence-electron chi connectivity index (χ3n) is 2.34. The van der Waals surface area contributed by atoms with Crippen molar-refractivity contribution in [2.75, 3.05) is 0 Å². The summed E-state index contributed by atoms with van der Waals surface area (Å²) in [5.74, 6) is 0. The van der Waals surface area contributed by atoms with Gasteiger partial charge in [-0.1, -0.05) is 34.1 Å². The van der Waals surface area contributed by atoms with Crippen LogP contribution in [0.4, 0.5) is 0 Å². The third-order valence-corrected chi connectivity index (χ3v) is 5.79. The van der Waals surface area contributed by atoms with Gasteiger partial charge >= 0.3 is 0 Å². The Morgan fingerprint density at radius 1 is 0.692 bits per heavy atom. The molecule has 0 nitrogen and oxygen atoms in total. The van der Waals surface area contributed by atoms with Crippen molar-refractivity contribution < 1.29 is 0 Å². The fourth-order valence-electron chi connectivity index (χ4n) is 1.49. The molecule has 0 aromatic heterocycles. The predicted molar refractivity (Wildman–Crippen MR) is 64.6 cm³/mol. The Labute approximate surface area is 87.4 Å². The Kier molecular flexibility index (Phi) is 9.65. The lowest BCUT2D eigenvalue weighted by atomic mass is 10.5. The van der Waals surface area contributed by atoms with Crippen LogP contribution in [0.2, 0.25) is 15.8 Å². The van der Waals surface area contributed by atoms with E-state index in [1.807, 2.05) is 18.2 Å². The molecular weight excluding hydrogens is 171 g/mol. The third kappa shape index (κ3) is 8.09. The van der Waals surface area contributed by atoms with Crippen LogP contribution in [0.25, 0.3) is 0 Å². The van der Waals surface area contributed by atoms with E-state index in [9.17, 15) is 0 Å². The van der Waals surface area contributed by atoms with E-state index >= 15 is 0 Å². The molecule has 72 valence electrons. The summed E-state index contributed by atoms with van der Waals surface area (Å²) in [6.07, 6.45) is 9.73. The van der Waals surface area contributed by atoms with Crippen molar-refractivity contribution in [1.29, 1.82) is 0 Å². The molecule has 0 aromatic rings. The molecule has 0 aliphatic heterocycles. The lowest BCUT2D eigenvalue weighted by Crippen LogP contribution is -2.10. The minimum absolute atomic E-state index is 0.500. The van der Waals surface area contributed by atoms with Gasteiger partial charge in [-0.2, -0.15) is 0 Å². The van der Waals surface area contributed by atoms with Crippen LogP contribution >= 0.6 is 0 Å². The Bertz CT molecular complexity index is 121. The summed E-state index contributed by atoms with van der Waals surface area (Å²) in [4.78, 5) is 0. The minimum Gasteiger partial charge on any atom is -0.103 e. The second-order valence-corrected chi connectivity index (χ2v) is 6.93. The van der Waals surface area contributed by atoms with Crippen LogP contribution in [0.3, 0.4) is 0 Å². The monoisotopic (exact) mass is 192 g/mol. The van der Waals surface area contributed by atoms with Crippen LogP contribution in [-0.2, 0) is 0 Å². The zero-order valence-corrected chi connectivity index (χ0v) is 9.83. The van der Waals surface area contributed by atoms with Crippen molar-refractivity contribution in [1.82, 2.24) is 0 Å². The van der Waals surface area contributed by atoms with Gasteiger partial charge in [-0.05, 0) is 19.3 Å². The van der Waals surface area contributed by atoms with Crippen molar-refractivity contribution in [2.45, 2.75) is 35.1 Å². The largest absolute Gasteiger partial charge is 0.262 e. The predicted octanol–water partition coefficient (Wildman–Crippen LogP) is 4.21. The SMILES string of the molecule is C=CC[CH2][Al]([CH2]CC=C)[CH2]CC=C. The van der Waals surface area contributed by atoms with Crippen LogP contribution in [-0.4, -0.2) is 14.1 Å². The zero-order valence-electron chi connectivity index (χ0n) is 8.67. The van der Waals surface area contributed by atoms with Crippen molar-refractivity contribution in [3.8, 4) is 0 Å². The molecule has 0 rings (SSSR count). The average Bonchev–Trinajstić information content (AvgIpc) is 2.17. The highest BCUT2D eigenvalue weighted by Crippen LogP contribution is 2.13. The molecule has 0 saturated heterocycles. The van der Waals surface area contributed by atoms with E-state index in [0.717, 1.165) is 0 Å². The summed E-state index contributed by atoms with van der Waals surface area (Å²) in [5.41, 5.74) is 0. The molecule has 0 amide bonds. The lowest BCUT2D eigenvalue weighted by molar-refractivity contribution is 1.06. The van der Waals surface area contributed by atoms with Crippen LogP contribution in [0.1, 0.15) is 19.3 Å². The van der Waals surface area contributed by atoms with Gasteiger partial charge in [-0.15, -0.1) is 19.7 Å². The van der Waals surface area contributed by atoms with Crippen LogP contribution in [0.5, 0.6) is 0 Å². The van der Waals surface area contributed by atoms with Crippen LogP contribution < -0.4 is 0 Å². The second-order valence-electron chi connectivity index (χ2n) is 3.46. The summed E-state index contributed by atoms with van der Waals surface area (Å²) in [6, 6.07) is 0. The van der Waals surface area contributed by atoms with Gasteiger partial charge in [-0.3, -0.25) is 0 Å². The van der Waals surface area contributed by atoms with Crippen LogP contribution in [0.15, 0.2) is 38.0 Å². The summed E-state index contributed by atoms with van der Waals surface area (Å²) >= 11 is -0.500. The molecule has 0 aromatic carbocycles. The van der Waals surface area contributed by atoms with Gasteiger partial charge < -0.3 is 0 Å². The molecule has 0 radical (unpaired) electrons. The van der Waals surface area contributed by atoms with Gasteiger partial charge in [-0.25, -0.2) is 0 Å². The standard InChI is InChI=1S/3C4H7.Al/c3*1-3-4-2;/h3*3H,1-2,4H2;. The highest BCUT2D eigenvalue weighted by atomic mass is 27.2. The molecule has 13 heavy (non-hydrogen) atoms. The van der Waals surface area contributed by atoms with Crippen molar-refractivity contribution in [2.24, 2.45) is 0 Å². The maximum absolute atomic E-state index is 3.78. The first-order valence-corrected chi connectivity index (χ1v) is 7.62. The smallest absolute Gasteiger partial charge is 0.103 e. The molecule has 0 saturated carbocycles. The summed E-state index contributed by atoms with van der Waals surface area (Å²) in [6.45, 7) is 11.3. The van der Waals surface area contributed by atoms with Crippen molar-refractivity contribution >= 4 is 14.1 Å². The van der Waals surface area contributed by atoms with E-state index in [1.165, 1.54) is 35.1 Å². The fraction of sp³-hybridized carbons (Fsp3) is 0.500. The van der Waals surface area contributed by atoms with E-state index < -0.39 is 14.1 Å². The highest BCUT2D eigenvalue weighted by Gasteiger charge is 2.13. The number of rotatable bonds is 9. The fourth-order valence-corrected chi connectivity index (χ4v) is 4.48. The van der Waals surface area contributed by atoms with E-state index in [1.54, 1.807) is 0 Å². The van der Waals surface area contributed by atoms with E-state index in [0.29, 0.717) is 0 Å². The Morgan fingerprint density at radius 3 is 1.23 bits per heavy atom. The topological polar surface area (TPSA) is 0 Å². The molecule has 0 bridgehead atoms.